The summed E-state index contributed by atoms with van der Waals surface area (Å²) in [6, 6.07) is 15.3. The van der Waals surface area contributed by atoms with Crippen molar-refractivity contribution in [1.29, 1.82) is 0 Å². The molecule has 1 N–H and O–H groups in total. The first-order valence-corrected chi connectivity index (χ1v) is 6.55. The van der Waals surface area contributed by atoms with Gasteiger partial charge in [0, 0.05) is 17.5 Å². The smallest absolute Gasteiger partial charge is 0.0291 e. The zero-order chi connectivity index (χ0) is 11.2. The number of benzene rings is 1. The lowest BCUT2D eigenvalue weighted by molar-refractivity contribution is 0.578. The van der Waals surface area contributed by atoms with E-state index in [0.29, 0.717) is 6.04 Å². The second-order valence-electron chi connectivity index (χ2n) is 3.92. The molecule has 1 atom stereocenters. The van der Waals surface area contributed by atoms with E-state index in [1.165, 1.54) is 10.4 Å². The summed E-state index contributed by atoms with van der Waals surface area (Å²) in [5.41, 5.74) is 1.36. The van der Waals surface area contributed by atoms with Crippen LogP contribution >= 0.6 is 11.3 Å². The van der Waals surface area contributed by atoms with Gasteiger partial charge in [-0.3, -0.25) is 0 Å². The number of thiophene rings is 1. The largest absolute Gasteiger partial charge is 0.310 e. The number of rotatable bonds is 5. The maximum absolute atomic E-state index is 3.54. The molecule has 0 fully saturated rings. The number of hydrogen-bond donors (Lipinski definition) is 1. The Bertz CT molecular complexity index is 394. The SMILES string of the molecule is C[C@H](NCCc1cccs1)c1ccccc1. The Morgan fingerprint density at radius 3 is 2.62 bits per heavy atom. The van der Waals surface area contributed by atoms with Crippen LogP contribution in [0.2, 0.25) is 0 Å². The highest BCUT2D eigenvalue weighted by Crippen LogP contribution is 2.12. The van der Waals surface area contributed by atoms with Crippen molar-refractivity contribution in [3.8, 4) is 0 Å². The quantitative estimate of drug-likeness (QED) is 0.828. The van der Waals surface area contributed by atoms with E-state index in [-0.39, 0.29) is 0 Å². The van der Waals surface area contributed by atoms with Gasteiger partial charge in [-0.25, -0.2) is 0 Å². The van der Waals surface area contributed by atoms with E-state index in [2.05, 4.69) is 60.1 Å². The van der Waals surface area contributed by atoms with Gasteiger partial charge in [0.15, 0.2) is 0 Å². The molecule has 1 aromatic heterocycles. The lowest BCUT2D eigenvalue weighted by Crippen LogP contribution is -2.20. The Labute approximate surface area is 101 Å². The highest BCUT2D eigenvalue weighted by atomic mass is 32.1. The minimum atomic E-state index is 0.432. The van der Waals surface area contributed by atoms with E-state index in [1.807, 2.05) is 11.3 Å². The molecule has 0 bridgehead atoms. The van der Waals surface area contributed by atoms with Gasteiger partial charge in [0.1, 0.15) is 0 Å². The van der Waals surface area contributed by atoms with Crippen LogP contribution in [-0.4, -0.2) is 6.54 Å². The first kappa shape index (κ1) is 11.4. The molecule has 0 radical (unpaired) electrons. The molecule has 0 saturated heterocycles. The summed E-state index contributed by atoms with van der Waals surface area (Å²) in [7, 11) is 0. The van der Waals surface area contributed by atoms with Gasteiger partial charge >= 0.3 is 0 Å². The van der Waals surface area contributed by atoms with Crippen LogP contribution in [0.25, 0.3) is 0 Å². The zero-order valence-corrected chi connectivity index (χ0v) is 10.3. The zero-order valence-electron chi connectivity index (χ0n) is 9.52. The molecule has 0 aliphatic rings. The fourth-order valence-electron chi connectivity index (χ4n) is 1.73. The Hall–Kier alpha value is -1.12. The molecule has 0 aliphatic heterocycles. The summed E-state index contributed by atoms with van der Waals surface area (Å²) in [6.45, 7) is 3.25. The summed E-state index contributed by atoms with van der Waals surface area (Å²) >= 11 is 1.83. The molecular weight excluding hydrogens is 214 g/mol. The lowest BCUT2D eigenvalue weighted by Gasteiger charge is -2.13. The van der Waals surface area contributed by atoms with E-state index in [1.54, 1.807) is 0 Å². The monoisotopic (exact) mass is 231 g/mol. The minimum absolute atomic E-state index is 0.432. The van der Waals surface area contributed by atoms with Crippen molar-refractivity contribution < 1.29 is 0 Å². The van der Waals surface area contributed by atoms with Gasteiger partial charge < -0.3 is 5.32 Å². The molecule has 84 valence electrons. The highest BCUT2D eigenvalue weighted by molar-refractivity contribution is 7.09. The molecule has 2 rings (SSSR count). The highest BCUT2D eigenvalue weighted by Gasteiger charge is 2.03. The third-order valence-electron chi connectivity index (χ3n) is 2.70. The van der Waals surface area contributed by atoms with Crippen molar-refractivity contribution in [2.45, 2.75) is 19.4 Å². The van der Waals surface area contributed by atoms with E-state index >= 15 is 0 Å². The van der Waals surface area contributed by atoms with Gasteiger partial charge in [-0.05, 0) is 30.4 Å². The average molecular weight is 231 g/mol. The standard InChI is InChI=1S/C14H17NS/c1-12(13-6-3-2-4-7-13)15-10-9-14-8-5-11-16-14/h2-8,11-12,15H,9-10H2,1H3/t12-/m0/s1. The molecule has 0 aliphatic carbocycles. The molecule has 0 unspecified atom stereocenters. The predicted molar refractivity (Wildman–Crippen MR) is 70.9 cm³/mol. The van der Waals surface area contributed by atoms with Crippen LogP contribution in [0, 0.1) is 0 Å². The normalized spacial score (nSPS) is 12.6. The van der Waals surface area contributed by atoms with Crippen LogP contribution in [0.1, 0.15) is 23.4 Å². The first-order chi connectivity index (χ1) is 7.86. The fourth-order valence-corrected chi connectivity index (χ4v) is 2.44. The molecule has 1 aromatic carbocycles. The van der Waals surface area contributed by atoms with E-state index < -0.39 is 0 Å². The van der Waals surface area contributed by atoms with Crippen LogP contribution < -0.4 is 5.32 Å². The van der Waals surface area contributed by atoms with Crippen molar-refractivity contribution in [2.24, 2.45) is 0 Å². The van der Waals surface area contributed by atoms with E-state index in [0.717, 1.165) is 13.0 Å². The van der Waals surface area contributed by atoms with Gasteiger partial charge in [0.25, 0.3) is 0 Å². The maximum atomic E-state index is 3.54. The van der Waals surface area contributed by atoms with Crippen molar-refractivity contribution in [3.05, 3.63) is 58.3 Å². The molecule has 0 amide bonds. The summed E-state index contributed by atoms with van der Waals surface area (Å²) in [5, 5.41) is 5.68. The minimum Gasteiger partial charge on any atom is -0.310 e. The second-order valence-corrected chi connectivity index (χ2v) is 4.95. The molecular formula is C14H17NS. The van der Waals surface area contributed by atoms with Crippen LogP contribution in [0.3, 0.4) is 0 Å². The molecule has 2 aromatic rings. The first-order valence-electron chi connectivity index (χ1n) is 5.67. The Morgan fingerprint density at radius 2 is 1.94 bits per heavy atom. The number of hydrogen-bond acceptors (Lipinski definition) is 2. The Kier molecular flexibility index (Phi) is 4.14. The van der Waals surface area contributed by atoms with Crippen molar-refractivity contribution in [2.75, 3.05) is 6.54 Å². The molecule has 2 heteroatoms. The lowest BCUT2D eigenvalue weighted by atomic mass is 10.1. The van der Waals surface area contributed by atoms with Gasteiger partial charge in [-0.1, -0.05) is 36.4 Å². The average Bonchev–Trinajstić information content (AvgIpc) is 2.83. The topological polar surface area (TPSA) is 12.0 Å². The predicted octanol–water partition coefficient (Wildman–Crippen LogP) is 3.64. The van der Waals surface area contributed by atoms with Gasteiger partial charge in [0.05, 0.1) is 0 Å². The third-order valence-corrected chi connectivity index (χ3v) is 3.64. The van der Waals surface area contributed by atoms with Crippen LogP contribution in [0.5, 0.6) is 0 Å². The van der Waals surface area contributed by atoms with Gasteiger partial charge in [-0.15, -0.1) is 11.3 Å². The summed E-state index contributed by atoms with van der Waals surface area (Å²) in [6.07, 6.45) is 1.12. The third kappa shape index (κ3) is 3.19. The maximum Gasteiger partial charge on any atom is 0.0291 e. The van der Waals surface area contributed by atoms with E-state index in [9.17, 15) is 0 Å². The van der Waals surface area contributed by atoms with Crippen LogP contribution in [0.15, 0.2) is 47.8 Å². The van der Waals surface area contributed by atoms with Crippen molar-refractivity contribution >= 4 is 11.3 Å². The number of nitrogens with one attached hydrogen (secondary N) is 1. The molecule has 16 heavy (non-hydrogen) atoms. The second kappa shape index (κ2) is 5.83. The summed E-state index contributed by atoms with van der Waals surface area (Å²) in [5.74, 6) is 0. The molecule has 0 saturated carbocycles. The van der Waals surface area contributed by atoms with Crippen molar-refractivity contribution in [3.63, 3.8) is 0 Å². The Balaban J connectivity index is 1.78. The summed E-state index contributed by atoms with van der Waals surface area (Å²) in [4.78, 5) is 1.45. The Morgan fingerprint density at radius 1 is 1.12 bits per heavy atom. The van der Waals surface area contributed by atoms with Crippen LogP contribution in [-0.2, 0) is 6.42 Å². The van der Waals surface area contributed by atoms with Gasteiger partial charge in [-0.2, -0.15) is 0 Å². The van der Waals surface area contributed by atoms with Gasteiger partial charge in [0.2, 0.25) is 0 Å². The fraction of sp³-hybridized carbons (Fsp3) is 0.286. The van der Waals surface area contributed by atoms with Crippen molar-refractivity contribution in [1.82, 2.24) is 5.32 Å². The van der Waals surface area contributed by atoms with Crippen LogP contribution in [0.4, 0.5) is 0 Å². The van der Waals surface area contributed by atoms with E-state index in [4.69, 9.17) is 0 Å². The molecule has 1 nitrogen and oxygen atoms in total. The summed E-state index contributed by atoms with van der Waals surface area (Å²) < 4.78 is 0. The molecule has 1 heterocycles. The molecule has 0 spiro atoms.